The van der Waals surface area contributed by atoms with E-state index in [2.05, 4.69) is 16.0 Å². The summed E-state index contributed by atoms with van der Waals surface area (Å²) in [6.07, 6.45) is 3.62. The lowest BCUT2D eigenvalue weighted by Gasteiger charge is -2.35. The number of aromatic nitrogens is 3. The fourth-order valence-corrected chi connectivity index (χ4v) is 4.36. The lowest BCUT2D eigenvalue weighted by molar-refractivity contribution is -0.384. The number of para-hydroxylation sites is 1. The molecule has 2 aromatic heterocycles. The van der Waals surface area contributed by atoms with Crippen molar-refractivity contribution in [3.8, 4) is 23.0 Å². The highest BCUT2D eigenvalue weighted by Crippen LogP contribution is 2.27. The molecule has 0 N–H and O–H groups in total. The Morgan fingerprint density at radius 1 is 1.03 bits per heavy atom. The maximum Gasteiger partial charge on any atom is 0.269 e. The van der Waals surface area contributed by atoms with Gasteiger partial charge in [-0.1, -0.05) is 18.2 Å². The van der Waals surface area contributed by atoms with Crippen molar-refractivity contribution < 1.29 is 9.72 Å². The Hall–Kier alpha value is -5.04. The number of rotatable bonds is 6. The first kappa shape index (κ1) is 23.7. The van der Waals surface area contributed by atoms with E-state index in [1.54, 1.807) is 35.1 Å². The molecular weight excluding hydrogens is 470 g/mol. The van der Waals surface area contributed by atoms with Gasteiger partial charge in [-0.2, -0.15) is 10.4 Å². The number of piperazine rings is 1. The summed E-state index contributed by atoms with van der Waals surface area (Å²) >= 11 is 0. The first-order valence-corrected chi connectivity index (χ1v) is 11.8. The summed E-state index contributed by atoms with van der Waals surface area (Å²) in [7, 11) is 0. The topological polar surface area (TPSA) is 121 Å². The zero-order chi connectivity index (χ0) is 25.8. The molecule has 1 fully saturated rings. The Balaban J connectivity index is 1.35. The third-order valence-corrected chi connectivity index (χ3v) is 6.33. The van der Waals surface area contributed by atoms with Crippen molar-refractivity contribution in [2.75, 3.05) is 31.1 Å². The highest BCUT2D eigenvalue weighted by molar-refractivity contribution is 5.81. The molecule has 184 valence electrons. The molecule has 0 spiro atoms. The van der Waals surface area contributed by atoms with Crippen LogP contribution in [0, 0.1) is 21.4 Å². The standard InChI is InChI=1S/C27H23N7O3/c28-18-20-10-11-29-25(16-20)31-12-14-32(15-13-31)26(35)17-22-19-33(23-4-2-1-3-5-23)30-27(22)21-6-8-24(9-7-21)34(36)37/h1-11,16,19H,12-15,17H2. The number of carbonyl (C=O) groups excluding carboxylic acids is 1. The number of non-ortho nitro benzene ring substituents is 1. The van der Waals surface area contributed by atoms with Gasteiger partial charge in [0, 0.05) is 61.8 Å². The summed E-state index contributed by atoms with van der Waals surface area (Å²) in [5.41, 5.74) is 3.47. The van der Waals surface area contributed by atoms with E-state index in [9.17, 15) is 14.9 Å². The van der Waals surface area contributed by atoms with Crippen molar-refractivity contribution >= 4 is 17.4 Å². The molecule has 0 saturated carbocycles. The summed E-state index contributed by atoms with van der Waals surface area (Å²) in [5, 5.41) is 25.0. The first-order chi connectivity index (χ1) is 18.0. The number of amides is 1. The lowest BCUT2D eigenvalue weighted by Crippen LogP contribution is -2.49. The highest BCUT2D eigenvalue weighted by Gasteiger charge is 2.24. The Labute approximate surface area is 213 Å². The number of hydrogen-bond donors (Lipinski definition) is 0. The molecule has 0 aliphatic carbocycles. The SMILES string of the molecule is N#Cc1ccnc(N2CCN(C(=O)Cc3cn(-c4ccccc4)nc3-c3ccc([N+](=O)[O-])cc3)CC2)c1. The van der Waals surface area contributed by atoms with Crippen molar-refractivity contribution in [2.45, 2.75) is 6.42 Å². The van der Waals surface area contributed by atoms with E-state index in [0.717, 1.165) is 17.1 Å². The average Bonchev–Trinajstić information content (AvgIpc) is 3.37. The molecule has 0 atom stereocenters. The van der Waals surface area contributed by atoms with Crippen LogP contribution in [0.2, 0.25) is 0 Å². The molecule has 0 radical (unpaired) electrons. The minimum absolute atomic E-state index is 0.00321. The van der Waals surface area contributed by atoms with Crippen LogP contribution < -0.4 is 4.90 Å². The average molecular weight is 494 g/mol. The second-order valence-electron chi connectivity index (χ2n) is 8.65. The lowest BCUT2D eigenvalue weighted by atomic mass is 10.0. The molecule has 1 aliphatic rings. The summed E-state index contributed by atoms with van der Waals surface area (Å²) in [4.78, 5) is 32.2. The van der Waals surface area contributed by atoms with Gasteiger partial charge in [0.25, 0.3) is 5.69 Å². The second-order valence-corrected chi connectivity index (χ2v) is 8.65. The zero-order valence-corrected chi connectivity index (χ0v) is 19.9. The maximum absolute atomic E-state index is 13.3. The van der Waals surface area contributed by atoms with Crippen LogP contribution in [-0.4, -0.2) is 56.7 Å². The van der Waals surface area contributed by atoms with Gasteiger partial charge in [-0.3, -0.25) is 14.9 Å². The molecular formula is C27H23N7O3. The summed E-state index contributed by atoms with van der Waals surface area (Å²) in [5.74, 6) is 0.713. The monoisotopic (exact) mass is 493 g/mol. The van der Waals surface area contributed by atoms with Crippen LogP contribution in [-0.2, 0) is 11.2 Å². The fraction of sp³-hybridized carbons (Fsp3) is 0.185. The zero-order valence-electron chi connectivity index (χ0n) is 19.9. The van der Waals surface area contributed by atoms with Gasteiger partial charge in [-0.25, -0.2) is 9.67 Å². The van der Waals surface area contributed by atoms with Crippen LogP contribution in [0.25, 0.3) is 16.9 Å². The van der Waals surface area contributed by atoms with Crippen LogP contribution in [0.1, 0.15) is 11.1 Å². The molecule has 1 saturated heterocycles. The van der Waals surface area contributed by atoms with Gasteiger partial charge >= 0.3 is 0 Å². The van der Waals surface area contributed by atoms with Crippen LogP contribution in [0.15, 0.2) is 79.1 Å². The number of pyridine rings is 1. The van der Waals surface area contributed by atoms with Gasteiger partial charge < -0.3 is 9.80 Å². The van der Waals surface area contributed by atoms with Gasteiger partial charge in [0.05, 0.1) is 34.4 Å². The largest absolute Gasteiger partial charge is 0.353 e. The Morgan fingerprint density at radius 3 is 2.43 bits per heavy atom. The third kappa shape index (κ3) is 5.16. The van der Waals surface area contributed by atoms with E-state index in [-0.39, 0.29) is 18.0 Å². The van der Waals surface area contributed by atoms with Gasteiger partial charge in [0.15, 0.2) is 0 Å². The smallest absolute Gasteiger partial charge is 0.269 e. The van der Waals surface area contributed by atoms with Gasteiger partial charge in [0.2, 0.25) is 5.91 Å². The normalized spacial score (nSPS) is 13.3. The Kier molecular flexibility index (Phi) is 6.59. The van der Waals surface area contributed by atoms with Gasteiger partial charge in [-0.05, 0) is 36.4 Å². The van der Waals surface area contributed by atoms with Crippen LogP contribution in [0.4, 0.5) is 11.5 Å². The molecule has 37 heavy (non-hydrogen) atoms. The number of nitriles is 1. The summed E-state index contributed by atoms with van der Waals surface area (Å²) < 4.78 is 1.73. The number of nitro groups is 1. The molecule has 3 heterocycles. The number of hydrogen-bond acceptors (Lipinski definition) is 7. The Morgan fingerprint density at radius 2 is 1.76 bits per heavy atom. The van der Waals surface area contributed by atoms with Crippen molar-refractivity contribution in [1.82, 2.24) is 19.7 Å². The minimum Gasteiger partial charge on any atom is -0.353 e. The predicted octanol–water partition coefficient (Wildman–Crippen LogP) is 3.61. The molecule has 10 nitrogen and oxygen atoms in total. The summed E-state index contributed by atoms with van der Waals surface area (Å²) in [6, 6.07) is 21.3. The van der Waals surface area contributed by atoms with Crippen LogP contribution in [0.3, 0.4) is 0 Å². The number of carbonyl (C=O) groups is 1. The number of nitrogens with zero attached hydrogens (tertiary/aromatic N) is 7. The van der Waals surface area contributed by atoms with Gasteiger partial charge in [0.1, 0.15) is 5.82 Å². The molecule has 2 aromatic carbocycles. The van der Waals surface area contributed by atoms with Crippen molar-refractivity contribution in [3.05, 3.63) is 100 Å². The molecule has 1 aliphatic heterocycles. The van der Waals surface area contributed by atoms with Crippen LogP contribution >= 0.6 is 0 Å². The molecule has 4 aromatic rings. The number of benzene rings is 2. The number of nitro benzene ring substituents is 1. The summed E-state index contributed by atoms with van der Waals surface area (Å²) in [6.45, 7) is 2.31. The Bertz CT molecular complexity index is 1470. The minimum atomic E-state index is -0.442. The second kappa shape index (κ2) is 10.3. The van der Waals surface area contributed by atoms with Crippen molar-refractivity contribution in [3.63, 3.8) is 0 Å². The van der Waals surface area contributed by atoms with E-state index in [1.165, 1.54) is 12.1 Å². The molecule has 5 rings (SSSR count). The maximum atomic E-state index is 13.3. The molecule has 0 bridgehead atoms. The van der Waals surface area contributed by atoms with E-state index >= 15 is 0 Å². The first-order valence-electron chi connectivity index (χ1n) is 11.8. The number of anilines is 1. The van der Waals surface area contributed by atoms with Crippen LogP contribution in [0.5, 0.6) is 0 Å². The predicted molar refractivity (Wildman–Crippen MR) is 137 cm³/mol. The third-order valence-electron chi connectivity index (χ3n) is 6.33. The van der Waals surface area contributed by atoms with E-state index < -0.39 is 4.92 Å². The quantitative estimate of drug-likeness (QED) is 0.297. The van der Waals surface area contributed by atoms with E-state index in [0.29, 0.717) is 43.0 Å². The molecule has 0 unspecified atom stereocenters. The van der Waals surface area contributed by atoms with Crippen molar-refractivity contribution in [2.24, 2.45) is 0 Å². The van der Waals surface area contributed by atoms with Crippen molar-refractivity contribution in [1.29, 1.82) is 5.26 Å². The fourth-order valence-electron chi connectivity index (χ4n) is 4.36. The molecule has 1 amide bonds. The molecule has 10 heteroatoms. The van der Waals surface area contributed by atoms with E-state index in [1.807, 2.05) is 41.4 Å². The van der Waals surface area contributed by atoms with Gasteiger partial charge in [-0.15, -0.1) is 0 Å². The van der Waals surface area contributed by atoms with E-state index in [4.69, 9.17) is 10.4 Å². The highest BCUT2D eigenvalue weighted by atomic mass is 16.6.